The lowest BCUT2D eigenvalue weighted by Gasteiger charge is -2.18. The highest BCUT2D eigenvalue weighted by molar-refractivity contribution is 5.86. The average Bonchev–Trinajstić information content (AvgIpc) is 2.96. The van der Waals surface area contributed by atoms with E-state index in [1.807, 2.05) is 0 Å². The minimum atomic E-state index is -1.11. The molecule has 0 spiro atoms. The molecule has 1 aromatic rings. The van der Waals surface area contributed by atoms with Gasteiger partial charge in [-0.25, -0.2) is 9.78 Å². The smallest absolute Gasteiger partial charge is 0.358 e. The van der Waals surface area contributed by atoms with Gasteiger partial charge in [-0.15, -0.1) is 0 Å². The Morgan fingerprint density at radius 3 is 2.83 bits per heavy atom. The first-order valence-electron chi connectivity index (χ1n) is 5.38. The van der Waals surface area contributed by atoms with Gasteiger partial charge < -0.3 is 24.6 Å². The Morgan fingerprint density at radius 1 is 1.56 bits per heavy atom. The first kappa shape index (κ1) is 12.7. The van der Waals surface area contributed by atoms with E-state index in [1.54, 1.807) is 6.08 Å². The van der Waals surface area contributed by atoms with Gasteiger partial charge in [-0.1, -0.05) is 6.08 Å². The zero-order valence-electron chi connectivity index (χ0n) is 9.72. The van der Waals surface area contributed by atoms with E-state index < -0.39 is 24.2 Å². The molecule has 0 aliphatic heterocycles. The van der Waals surface area contributed by atoms with Crippen molar-refractivity contribution in [3.8, 4) is 0 Å². The molecule has 1 aliphatic rings. The number of hydrogen-bond acceptors (Lipinski definition) is 6. The Hall–Kier alpha value is -1.70. The number of aromatic nitrogens is 2. The summed E-state index contributed by atoms with van der Waals surface area (Å²) in [6.45, 7) is -0.326. The van der Waals surface area contributed by atoms with Gasteiger partial charge in [-0.3, -0.25) is 0 Å². The maximum absolute atomic E-state index is 11.2. The van der Waals surface area contributed by atoms with E-state index in [0.717, 1.165) is 0 Å². The third kappa shape index (κ3) is 2.03. The molecule has 98 valence electrons. The van der Waals surface area contributed by atoms with Gasteiger partial charge in [0.25, 0.3) is 0 Å². The number of carbonyl (C=O) groups excluding carboxylic acids is 1. The summed E-state index contributed by atoms with van der Waals surface area (Å²) in [6, 6.07) is -0.562. The van der Waals surface area contributed by atoms with E-state index in [1.165, 1.54) is 24.2 Å². The van der Waals surface area contributed by atoms with Crippen LogP contribution in [-0.2, 0) is 4.74 Å². The number of ether oxygens (including phenoxy) is 1. The van der Waals surface area contributed by atoms with Crippen molar-refractivity contribution in [2.75, 3.05) is 13.7 Å². The molecule has 3 N–H and O–H groups in total. The maximum Gasteiger partial charge on any atom is 0.358 e. The maximum atomic E-state index is 11.2. The lowest BCUT2D eigenvalue weighted by Crippen LogP contribution is -2.29. The number of hydrogen-bond donors (Lipinski definition) is 3. The summed E-state index contributed by atoms with van der Waals surface area (Å²) in [5.41, 5.74) is 0.464. The average molecular weight is 254 g/mol. The molecule has 0 unspecified atom stereocenters. The van der Waals surface area contributed by atoms with E-state index in [-0.39, 0.29) is 12.3 Å². The first-order chi connectivity index (χ1) is 8.58. The second kappa shape index (κ2) is 4.89. The molecule has 18 heavy (non-hydrogen) atoms. The quantitative estimate of drug-likeness (QED) is 0.465. The number of rotatable bonds is 3. The van der Waals surface area contributed by atoms with Gasteiger partial charge in [0.2, 0.25) is 0 Å². The van der Waals surface area contributed by atoms with Crippen LogP contribution in [0.4, 0.5) is 0 Å². The molecule has 0 fully saturated rings. The molecule has 0 aromatic carbocycles. The third-order valence-electron chi connectivity index (χ3n) is 2.96. The Kier molecular flexibility index (Phi) is 3.46. The summed E-state index contributed by atoms with van der Waals surface area (Å²) in [6.07, 6.45) is 2.15. The standard InChI is InChI=1S/C11H14N2O5/c1-18-11(17)7-3-13(5-12-7)8-2-6(4-14)9(15)10(8)16/h2-3,5,8-10,14-16H,4H2,1H3/t8-,9-,10+/m1/s1. The lowest BCUT2D eigenvalue weighted by atomic mass is 10.1. The van der Waals surface area contributed by atoms with Crippen LogP contribution in [0.3, 0.4) is 0 Å². The van der Waals surface area contributed by atoms with E-state index in [2.05, 4.69) is 9.72 Å². The zero-order chi connectivity index (χ0) is 13.3. The van der Waals surface area contributed by atoms with Crippen LogP contribution in [0.2, 0.25) is 0 Å². The fourth-order valence-electron chi connectivity index (χ4n) is 1.94. The van der Waals surface area contributed by atoms with E-state index in [4.69, 9.17) is 5.11 Å². The van der Waals surface area contributed by atoms with E-state index in [9.17, 15) is 15.0 Å². The second-order valence-corrected chi connectivity index (χ2v) is 4.02. The monoisotopic (exact) mass is 254 g/mol. The molecule has 0 amide bonds. The topological polar surface area (TPSA) is 105 Å². The van der Waals surface area contributed by atoms with Crippen LogP contribution in [0.25, 0.3) is 0 Å². The molecule has 7 nitrogen and oxygen atoms in total. The van der Waals surface area contributed by atoms with Gasteiger partial charge in [0.05, 0.1) is 26.1 Å². The minimum Gasteiger partial charge on any atom is -0.464 e. The largest absolute Gasteiger partial charge is 0.464 e. The number of aliphatic hydroxyl groups excluding tert-OH is 3. The van der Waals surface area contributed by atoms with Gasteiger partial charge >= 0.3 is 5.97 Å². The van der Waals surface area contributed by atoms with Gasteiger partial charge in [0.1, 0.15) is 12.2 Å². The second-order valence-electron chi connectivity index (χ2n) is 4.02. The van der Waals surface area contributed by atoms with Gasteiger partial charge in [0, 0.05) is 6.20 Å². The van der Waals surface area contributed by atoms with Crippen molar-refractivity contribution < 1.29 is 24.9 Å². The zero-order valence-corrected chi connectivity index (χ0v) is 9.72. The van der Waals surface area contributed by atoms with Crippen molar-refractivity contribution in [1.82, 2.24) is 9.55 Å². The fraction of sp³-hybridized carbons (Fsp3) is 0.455. The minimum absolute atomic E-state index is 0.116. The summed E-state index contributed by atoms with van der Waals surface area (Å²) in [5.74, 6) is -0.576. The number of carbonyl (C=O) groups is 1. The van der Waals surface area contributed by atoms with Crippen LogP contribution in [0, 0.1) is 0 Å². The van der Waals surface area contributed by atoms with Crippen molar-refractivity contribution in [2.24, 2.45) is 0 Å². The van der Waals surface area contributed by atoms with Crippen LogP contribution in [0.15, 0.2) is 24.2 Å². The number of methoxy groups -OCH3 is 1. The van der Waals surface area contributed by atoms with Crippen molar-refractivity contribution >= 4 is 5.97 Å². The SMILES string of the molecule is COC(=O)c1cn([C@@H]2C=C(CO)[C@@H](O)[C@H]2O)cn1. The van der Waals surface area contributed by atoms with Gasteiger partial charge in [0.15, 0.2) is 5.69 Å². The number of imidazole rings is 1. The van der Waals surface area contributed by atoms with Gasteiger partial charge in [-0.05, 0) is 5.57 Å². The molecule has 0 radical (unpaired) electrons. The summed E-state index contributed by atoms with van der Waals surface area (Å²) >= 11 is 0. The molecule has 3 atom stereocenters. The highest BCUT2D eigenvalue weighted by Crippen LogP contribution is 2.29. The lowest BCUT2D eigenvalue weighted by molar-refractivity contribution is 0.0280. The van der Waals surface area contributed by atoms with Crippen molar-refractivity contribution in [1.29, 1.82) is 0 Å². The number of esters is 1. The number of aliphatic hydroxyl groups is 3. The predicted octanol–water partition coefficient (Wildman–Crippen LogP) is -1.14. The van der Waals surface area contributed by atoms with Crippen molar-refractivity contribution in [2.45, 2.75) is 18.2 Å². The number of nitrogens with zero attached hydrogens (tertiary/aromatic N) is 2. The normalized spacial score (nSPS) is 27.1. The molecule has 7 heteroatoms. The Bertz CT molecular complexity index is 482. The molecular weight excluding hydrogens is 240 g/mol. The molecule has 0 bridgehead atoms. The summed E-state index contributed by atoms with van der Waals surface area (Å²) in [7, 11) is 1.25. The first-order valence-corrected chi connectivity index (χ1v) is 5.38. The molecular formula is C11H14N2O5. The molecule has 1 heterocycles. The van der Waals surface area contributed by atoms with Crippen LogP contribution in [0.5, 0.6) is 0 Å². The molecule has 0 saturated carbocycles. The molecule has 2 rings (SSSR count). The Labute approximate surface area is 103 Å². The van der Waals surface area contributed by atoms with Gasteiger partial charge in [-0.2, -0.15) is 0 Å². The molecule has 1 aromatic heterocycles. The summed E-state index contributed by atoms with van der Waals surface area (Å²) in [4.78, 5) is 15.1. The molecule has 1 aliphatic carbocycles. The predicted molar refractivity (Wildman–Crippen MR) is 59.8 cm³/mol. The van der Waals surface area contributed by atoms with Crippen molar-refractivity contribution in [3.63, 3.8) is 0 Å². The highest BCUT2D eigenvalue weighted by Gasteiger charge is 2.35. The molecule has 0 saturated heterocycles. The van der Waals surface area contributed by atoms with Crippen LogP contribution in [-0.4, -0.2) is 56.8 Å². The van der Waals surface area contributed by atoms with E-state index in [0.29, 0.717) is 5.57 Å². The van der Waals surface area contributed by atoms with Crippen LogP contribution >= 0.6 is 0 Å². The fourth-order valence-corrected chi connectivity index (χ4v) is 1.94. The van der Waals surface area contributed by atoms with Crippen LogP contribution < -0.4 is 0 Å². The Morgan fingerprint density at radius 2 is 2.28 bits per heavy atom. The third-order valence-corrected chi connectivity index (χ3v) is 2.96. The van der Waals surface area contributed by atoms with E-state index >= 15 is 0 Å². The summed E-state index contributed by atoms with van der Waals surface area (Å²) in [5, 5.41) is 28.5. The van der Waals surface area contributed by atoms with Crippen LogP contribution in [0.1, 0.15) is 16.5 Å². The highest BCUT2D eigenvalue weighted by atomic mass is 16.5. The Balaban J connectivity index is 2.25. The summed E-state index contributed by atoms with van der Waals surface area (Å²) < 4.78 is 6.01. The van der Waals surface area contributed by atoms with Crippen molar-refractivity contribution in [3.05, 3.63) is 29.9 Å².